The van der Waals surface area contributed by atoms with Crippen LogP contribution < -0.4 is 0 Å². The van der Waals surface area contributed by atoms with Crippen molar-refractivity contribution in [2.75, 3.05) is 0 Å². The van der Waals surface area contributed by atoms with E-state index in [2.05, 4.69) is 39.3 Å². The van der Waals surface area contributed by atoms with E-state index in [-0.39, 0.29) is 18.3 Å². The maximum Gasteiger partial charge on any atom is 0.302 e. The summed E-state index contributed by atoms with van der Waals surface area (Å²) in [6, 6.07) is 0. The molecule has 1 rings (SSSR count). The van der Waals surface area contributed by atoms with Crippen LogP contribution in [0.5, 0.6) is 0 Å². The Labute approximate surface area is 160 Å². The lowest BCUT2D eigenvalue weighted by Crippen LogP contribution is -2.45. The Balaban J connectivity index is 2.88. The summed E-state index contributed by atoms with van der Waals surface area (Å²) in [6.45, 7) is 13.6. The van der Waals surface area contributed by atoms with Gasteiger partial charge in [-0.2, -0.15) is 0 Å². The highest BCUT2D eigenvalue weighted by molar-refractivity contribution is 6.70. The average Bonchev–Trinajstić information content (AvgIpc) is 2.45. The highest BCUT2D eigenvalue weighted by atomic mass is 28.4. The van der Waals surface area contributed by atoms with E-state index in [4.69, 9.17) is 13.3 Å². The largest absolute Gasteiger partial charge is 0.415 e. The van der Waals surface area contributed by atoms with E-state index in [1.54, 1.807) is 0 Å². The van der Waals surface area contributed by atoms with Gasteiger partial charge in [-0.1, -0.05) is 32.1 Å². The Morgan fingerprint density at radius 1 is 0.680 bits per heavy atom. The molecule has 150 valence electrons. The molecule has 1 aliphatic rings. The van der Waals surface area contributed by atoms with Gasteiger partial charge in [0, 0.05) is 6.10 Å². The van der Waals surface area contributed by atoms with Crippen LogP contribution in [0.4, 0.5) is 0 Å². The average molecular weight is 407 g/mol. The first kappa shape index (κ1) is 23.5. The van der Waals surface area contributed by atoms with Crippen molar-refractivity contribution in [3.63, 3.8) is 0 Å². The predicted octanol–water partition coefficient (Wildman–Crippen LogP) is 4.33. The van der Waals surface area contributed by atoms with E-state index in [9.17, 15) is 4.80 Å². The zero-order chi connectivity index (χ0) is 18.9. The van der Waals surface area contributed by atoms with Gasteiger partial charge in [-0.25, -0.2) is 0 Å². The molecule has 1 fully saturated rings. The second-order valence-corrected chi connectivity index (χ2v) is 18.9. The van der Waals surface area contributed by atoms with Crippen molar-refractivity contribution in [1.29, 1.82) is 0 Å². The van der Waals surface area contributed by atoms with Crippen molar-refractivity contribution in [1.82, 2.24) is 0 Å². The number of hydrogen-bond donors (Lipinski definition) is 1. The molecule has 0 aromatic rings. The van der Waals surface area contributed by atoms with Crippen molar-refractivity contribution in [2.24, 2.45) is 0 Å². The standard InChI is InChI=1S/C18H42O4Si3/c1-24(2,3)21-17-13-11-9-7-8-10-12-16(20-23-19)14-15-18(17)22-25(4,5)6/h16-19H,7-15,23H2,1-6H3. The highest BCUT2D eigenvalue weighted by Gasteiger charge is 2.32. The van der Waals surface area contributed by atoms with Crippen LogP contribution in [0.2, 0.25) is 39.3 Å². The molecule has 7 heteroatoms. The zero-order valence-corrected chi connectivity index (χ0v) is 20.9. The Morgan fingerprint density at radius 3 is 1.68 bits per heavy atom. The van der Waals surface area contributed by atoms with E-state index in [1.807, 2.05) is 0 Å². The van der Waals surface area contributed by atoms with Gasteiger partial charge in [0.05, 0.1) is 12.2 Å². The van der Waals surface area contributed by atoms with Crippen LogP contribution in [0.1, 0.15) is 57.8 Å². The molecule has 0 radical (unpaired) electrons. The molecule has 3 unspecified atom stereocenters. The molecule has 4 nitrogen and oxygen atoms in total. The molecule has 0 amide bonds. The molecule has 0 aromatic carbocycles. The van der Waals surface area contributed by atoms with E-state index in [0.717, 1.165) is 25.7 Å². The van der Waals surface area contributed by atoms with Crippen molar-refractivity contribution in [3.8, 4) is 0 Å². The molecule has 0 aromatic heterocycles. The van der Waals surface area contributed by atoms with Gasteiger partial charge in [-0.3, -0.25) is 0 Å². The van der Waals surface area contributed by atoms with Gasteiger partial charge in [0.2, 0.25) is 0 Å². The molecule has 1 N–H and O–H groups in total. The third-order valence-electron chi connectivity index (χ3n) is 4.52. The Hall–Kier alpha value is 0.491. The van der Waals surface area contributed by atoms with Gasteiger partial charge in [-0.05, 0) is 65.0 Å². The Morgan fingerprint density at radius 2 is 1.16 bits per heavy atom. The van der Waals surface area contributed by atoms with Gasteiger partial charge < -0.3 is 18.1 Å². The summed E-state index contributed by atoms with van der Waals surface area (Å²) >= 11 is 0. The highest BCUT2D eigenvalue weighted by Crippen LogP contribution is 2.27. The molecule has 25 heavy (non-hydrogen) atoms. The van der Waals surface area contributed by atoms with Crippen LogP contribution in [0, 0.1) is 0 Å². The lowest BCUT2D eigenvalue weighted by Gasteiger charge is -2.37. The van der Waals surface area contributed by atoms with E-state index in [1.165, 1.54) is 32.1 Å². The normalized spacial score (nSPS) is 28.7. The third-order valence-corrected chi connectivity index (χ3v) is 7.16. The minimum atomic E-state index is -1.64. The minimum Gasteiger partial charge on any atom is -0.415 e. The summed E-state index contributed by atoms with van der Waals surface area (Å²) < 4.78 is 18.9. The van der Waals surface area contributed by atoms with Crippen molar-refractivity contribution in [2.45, 2.75) is 115 Å². The Kier molecular flexibility index (Phi) is 10.7. The number of rotatable bonds is 6. The first-order valence-corrected chi connectivity index (χ1v) is 18.2. The molecule has 0 aliphatic heterocycles. The second kappa shape index (κ2) is 11.4. The van der Waals surface area contributed by atoms with E-state index < -0.39 is 26.6 Å². The summed E-state index contributed by atoms with van der Waals surface area (Å²) in [4.78, 5) is 9.34. The van der Waals surface area contributed by atoms with E-state index >= 15 is 0 Å². The van der Waals surface area contributed by atoms with Gasteiger partial charge in [0.25, 0.3) is 0 Å². The zero-order valence-electron chi connectivity index (χ0n) is 17.5. The summed E-state index contributed by atoms with van der Waals surface area (Å²) in [6.07, 6.45) is 11.1. The molecule has 0 spiro atoms. The lowest BCUT2D eigenvalue weighted by atomic mass is 9.96. The molecular weight excluding hydrogens is 364 g/mol. The Bertz CT molecular complexity index is 355. The monoisotopic (exact) mass is 406 g/mol. The summed E-state index contributed by atoms with van der Waals surface area (Å²) in [7, 11) is -4.59. The van der Waals surface area contributed by atoms with Gasteiger partial charge >= 0.3 is 10.0 Å². The fraction of sp³-hybridized carbons (Fsp3) is 1.00. The fourth-order valence-corrected chi connectivity index (χ4v) is 6.46. The smallest absolute Gasteiger partial charge is 0.302 e. The van der Waals surface area contributed by atoms with E-state index in [0.29, 0.717) is 0 Å². The summed E-state index contributed by atoms with van der Waals surface area (Å²) in [5, 5.41) is 0. The first-order valence-electron chi connectivity index (χ1n) is 10.2. The summed E-state index contributed by atoms with van der Waals surface area (Å²) in [5.74, 6) is 0. The van der Waals surface area contributed by atoms with Crippen LogP contribution in [0.3, 0.4) is 0 Å². The van der Waals surface area contributed by atoms with Crippen molar-refractivity contribution >= 4 is 26.6 Å². The van der Waals surface area contributed by atoms with Gasteiger partial charge in [0.15, 0.2) is 16.6 Å². The molecule has 0 saturated heterocycles. The van der Waals surface area contributed by atoms with Gasteiger partial charge in [0.1, 0.15) is 0 Å². The summed E-state index contributed by atoms with van der Waals surface area (Å²) in [5.41, 5.74) is 0. The van der Waals surface area contributed by atoms with Crippen LogP contribution in [-0.4, -0.2) is 49.7 Å². The molecular formula is C18H42O4Si3. The SMILES string of the molecule is C[Si](C)(C)OC1CCCCCCCC(O[SiH2]O)CCC1O[Si](C)(C)C. The fourth-order valence-electron chi connectivity index (χ4n) is 3.56. The molecule has 0 heterocycles. The maximum atomic E-state index is 9.34. The van der Waals surface area contributed by atoms with Crippen LogP contribution in [-0.2, 0) is 13.3 Å². The van der Waals surface area contributed by atoms with Crippen LogP contribution in [0.15, 0.2) is 0 Å². The van der Waals surface area contributed by atoms with Crippen LogP contribution in [0.25, 0.3) is 0 Å². The first-order chi connectivity index (χ1) is 11.6. The minimum absolute atomic E-state index is 0.171. The molecule has 0 bridgehead atoms. The van der Waals surface area contributed by atoms with Crippen molar-refractivity contribution < 1.29 is 18.1 Å². The molecule has 1 saturated carbocycles. The molecule has 1 aliphatic carbocycles. The molecule has 3 atom stereocenters. The topological polar surface area (TPSA) is 47.9 Å². The van der Waals surface area contributed by atoms with Crippen molar-refractivity contribution in [3.05, 3.63) is 0 Å². The number of hydrogen-bond acceptors (Lipinski definition) is 4. The lowest BCUT2D eigenvalue weighted by molar-refractivity contribution is 0.0214. The quantitative estimate of drug-likeness (QED) is 0.667. The maximum absolute atomic E-state index is 9.34. The second-order valence-electron chi connectivity index (χ2n) is 9.38. The van der Waals surface area contributed by atoms with Crippen LogP contribution >= 0.6 is 0 Å². The predicted molar refractivity (Wildman–Crippen MR) is 114 cm³/mol. The van der Waals surface area contributed by atoms with Gasteiger partial charge in [-0.15, -0.1) is 0 Å². The third kappa shape index (κ3) is 11.7.